The average Bonchev–Trinajstić information content (AvgIpc) is 2.63. The molecule has 0 spiro atoms. The summed E-state index contributed by atoms with van der Waals surface area (Å²) in [6, 6.07) is 15.8. The van der Waals surface area contributed by atoms with Gasteiger partial charge in [-0.15, -0.1) is 0 Å². The van der Waals surface area contributed by atoms with E-state index in [0.717, 1.165) is 5.75 Å². The van der Waals surface area contributed by atoms with E-state index in [4.69, 9.17) is 14.6 Å². The molecule has 1 atom stereocenters. The Labute approximate surface area is 145 Å². The number of para-hydroxylation sites is 1. The van der Waals surface area contributed by atoms with Gasteiger partial charge in [0, 0.05) is 12.1 Å². The van der Waals surface area contributed by atoms with Crippen molar-refractivity contribution in [2.24, 2.45) is 0 Å². The molecule has 1 saturated heterocycles. The first-order valence-corrected chi connectivity index (χ1v) is 8.07. The van der Waals surface area contributed by atoms with Gasteiger partial charge in [-0.3, -0.25) is 9.59 Å². The average molecular weight is 341 g/mol. The second-order valence-corrected chi connectivity index (χ2v) is 5.76. The summed E-state index contributed by atoms with van der Waals surface area (Å²) in [6.07, 6.45) is -0.124. The Hall–Kier alpha value is -2.86. The van der Waals surface area contributed by atoms with E-state index in [1.54, 1.807) is 29.2 Å². The maximum Gasteiger partial charge on any atom is 0.305 e. The molecule has 2 aromatic rings. The van der Waals surface area contributed by atoms with Gasteiger partial charge in [0.25, 0.3) is 5.91 Å². The number of carbonyl (C=O) groups is 2. The van der Waals surface area contributed by atoms with Gasteiger partial charge in [-0.05, 0) is 36.4 Å². The minimum Gasteiger partial charge on any atom is -0.481 e. The van der Waals surface area contributed by atoms with Crippen LogP contribution in [0, 0.1) is 0 Å². The van der Waals surface area contributed by atoms with Crippen molar-refractivity contribution in [3.8, 4) is 11.5 Å². The standard InChI is InChI=1S/C19H19NO5/c21-18(22)12-15-13-24-11-10-20(15)19(23)14-6-8-17(9-7-14)25-16-4-2-1-3-5-16/h1-9,15H,10-13H2,(H,21,22)/t15-/m1/s1. The van der Waals surface area contributed by atoms with Crippen LogP contribution in [-0.4, -0.2) is 47.7 Å². The molecule has 3 rings (SSSR count). The zero-order valence-electron chi connectivity index (χ0n) is 13.6. The molecule has 1 aliphatic rings. The number of aliphatic carboxylic acids is 1. The highest BCUT2D eigenvalue weighted by Gasteiger charge is 2.29. The number of ether oxygens (including phenoxy) is 2. The summed E-state index contributed by atoms with van der Waals surface area (Å²) in [5, 5.41) is 9.00. The number of amides is 1. The van der Waals surface area contributed by atoms with Crippen molar-refractivity contribution < 1.29 is 24.2 Å². The summed E-state index contributed by atoms with van der Waals surface area (Å²) >= 11 is 0. The SMILES string of the molecule is O=C(O)C[C@@H]1COCCN1C(=O)c1ccc(Oc2ccccc2)cc1. The van der Waals surface area contributed by atoms with Gasteiger partial charge in [0.2, 0.25) is 0 Å². The van der Waals surface area contributed by atoms with E-state index >= 15 is 0 Å². The van der Waals surface area contributed by atoms with E-state index in [2.05, 4.69) is 0 Å². The predicted molar refractivity (Wildman–Crippen MR) is 90.9 cm³/mol. The minimum absolute atomic E-state index is 0.124. The first kappa shape index (κ1) is 17.0. The molecule has 1 N–H and O–H groups in total. The number of carbonyl (C=O) groups excluding carboxylic acids is 1. The molecule has 25 heavy (non-hydrogen) atoms. The van der Waals surface area contributed by atoms with Gasteiger partial charge < -0.3 is 19.5 Å². The van der Waals surface area contributed by atoms with Crippen LogP contribution in [0.1, 0.15) is 16.8 Å². The third kappa shape index (κ3) is 4.36. The monoisotopic (exact) mass is 341 g/mol. The second kappa shape index (κ2) is 7.81. The third-order valence-corrected chi connectivity index (χ3v) is 3.98. The van der Waals surface area contributed by atoms with E-state index in [1.165, 1.54) is 0 Å². The molecule has 1 heterocycles. The zero-order chi connectivity index (χ0) is 17.6. The van der Waals surface area contributed by atoms with Crippen molar-refractivity contribution in [3.05, 3.63) is 60.2 Å². The molecule has 6 nitrogen and oxygen atoms in total. The molecule has 0 unspecified atom stereocenters. The molecule has 6 heteroatoms. The fourth-order valence-electron chi connectivity index (χ4n) is 2.75. The van der Waals surface area contributed by atoms with Crippen LogP contribution in [0.5, 0.6) is 11.5 Å². The topological polar surface area (TPSA) is 76.1 Å². The number of carboxylic acids is 1. The molecule has 0 aromatic heterocycles. The summed E-state index contributed by atoms with van der Waals surface area (Å²) < 4.78 is 11.0. The molecule has 0 radical (unpaired) electrons. The van der Waals surface area contributed by atoms with E-state index in [-0.39, 0.29) is 18.9 Å². The quantitative estimate of drug-likeness (QED) is 0.905. The van der Waals surface area contributed by atoms with Crippen molar-refractivity contribution in [2.75, 3.05) is 19.8 Å². The minimum atomic E-state index is -0.945. The summed E-state index contributed by atoms with van der Waals surface area (Å²) in [5.41, 5.74) is 0.498. The van der Waals surface area contributed by atoms with Crippen LogP contribution >= 0.6 is 0 Å². The lowest BCUT2D eigenvalue weighted by molar-refractivity contribution is -0.139. The van der Waals surface area contributed by atoms with Gasteiger partial charge >= 0.3 is 5.97 Å². The predicted octanol–water partition coefficient (Wildman–Crippen LogP) is 2.79. The van der Waals surface area contributed by atoms with Crippen molar-refractivity contribution in [2.45, 2.75) is 12.5 Å². The number of morpholine rings is 1. The fourth-order valence-corrected chi connectivity index (χ4v) is 2.75. The summed E-state index contributed by atoms with van der Waals surface area (Å²) in [7, 11) is 0. The van der Waals surface area contributed by atoms with Crippen LogP contribution in [0.25, 0.3) is 0 Å². The maximum atomic E-state index is 12.7. The van der Waals surface area contributed by atoms with Crippen molar-refractivity contribution >= 4 is 11.9 Å². The molecule has 0 aliphatic carbocycles. The molecule has 1 fully saturated rings. The van der Waals surface area contributed by atoms with Crippen LogP contribution < -0.4 is 4.74 Å². The maximum absolute atomic E-state index is 12.7. The molecule has 0 saturated carbocycles. The first-order chi connectivity index (χ1) is 12.1. The summed E-state index contributed by atoms with van der Waals surface area (Å²) in [5.74, 6) is 0.212. The normalized spacial score (nSPS) is 17.1. The van der Waals surface area contributed by atoms with Crippen LogP contribution in [0.4, 0.5) is 0 Å². The van der Waals surface area contributed by atoms with E-state index in [9.17, 15) is 9.59 Å². The Morgan fingerprint density at radius 2 is 1.76 bits per heavy atom. The van der Waals surface area contributed by atoms with Gasteiger partial charge in [-0.1, -0.05) is 18.2 Å². The second-order valence-electron chi connectivity index (χ2n) is 5.76. The van der Waals surface area contributed by atoms with Crippen molar-refractivity contribution in [3.63, 3.8) is 0 Å². The van der Waals surface area contributed by atoms with Gasteiger partial charge in [-0.2, -0.15) is 0 Å². The Balaban J connectivity index is 1.70. The molecule has 0 bridgehead atoms. The highest BCUT2D eigenvalue weighted by atomic mass is 16.5. The van der Waals surface area contributed by atoms with E-state index < -0.39 is 12.0 Å². The highest BCUT2D eigenvalue weighted by molar-refractivity contribution is 5.94. The number of carboxylic acid groups (broad SMARTS) is 1. The lowest BCUT2D eigenvalue weighted by Gasteiger charge is -2.34. The van der Waals surface area contributed by atoms with Gasteiger partial charge in [-0.25, -0.2) is 0 Å². The first-order valence-electron chi connectivity index (χ1n) is 8.07. The Morgan fingerprint density at radius 3 is 2.44 bits per heavy atom. The summed E-state index contributed by atoms with van der Waals surface area (Å²) in [6.45, 7) is 1.04. The van der Waals surface area contributed by atoms with Gasteiger partial charge in [0.1, 0.15) is 11.5 Å². The zero-order valence-corrected chi connectivity index (χ0v) is 13.6. The van der Waals surface area contributed by atoms with Crippen LogP contribution in [0.2, 0.25) is 0 Å². The Bertz CT molecular complexity index is 729. The lowest BCUT2D eigenvalue weighted by Crippen LogP contribution is -2.49. The van der Waals surface area contributed by atoms with Crippen LogP contribution in [0.15, 0.2) is 54.6 Å². The molecule has 2 aromatic carbocycles. The van der Waals surface area contributed by atoms with E-state index in [0.29, 0.717) is 24.5 Å². The fraction of sp³-hybridized carbons (Fsp3) is 0.263. The number of hydrogen-bond acceptors (Lipinski definition) is 4. The Morgan fingerprint density at radius 1 is 1.08 bits per heavy atom. The molecular weight excluding hydrogens is 322 g/mol. The van der Waals surface area contributed by atoms with Crippen molar-refractivity contribution in [1.29, 1.82) is 0 Å². The van der Waals surface area contributed by atoms with Crippen LogP contribution in [0.3, 0.4) is 0 Å². The van der Waals surface area contributed by atoms with Crippen molar-refractivity contribution in [1.82, 2.24) is 4.90 Å². The molecular formula is C19H19NO5. The van der Waals surface area contributed by atoms with E-state index in [1.807, 2.05) is 30.3 Å². The molecule has 1 aliphatic heterocycles. The number of benzene rings is 2. The lowest BCUT2D eigenvalue weighted by atomic mass is 10.1. The Kier molecular flexibility index (Phi) is 5.30. The third-order valence-electron chi connectivity index (χ3n) is 3.98. The molecule has 1 amide bonds. The highest BCUT2D eigenvalue weighted by Crippen LogP contribution is 2.22. The van der Waals surface area contributed by atoms with Crippen LogP contribution in [-0.2, 0) is 9.53 Å². The number of nitrogens with zero attached hydrogens (tertiary/aromatic N) is 1. The largest absolute Gasteiger partial charge is 0.481 e. The number of hydrogen-bond donors (Lipinski definition) is 1. The number of rotatable bonds is 5. The smallest absolute Gasteiger partial charge is 0.305 e. The van der Waals surface area contributed by atoms with Gasteiger partial charge in [0.15, 0.2) is 0 Å². The van der Waals surface area contributed by atoms with Gasteiger partial charge in [0.05, 0.1) is 25.7 Å². The summed E-state index contributed by atoms with van der Waals surface area (Å²) in [4.78, 5) is 25.3. The molecule has 130 valence electrons.